The van der Waals surface area contributed by atoms with Crippen LogP contribution in [0.15, 0.2) is 47.4 Å². The second-order valence-corrected chi connectivity index (χ2v) is 11.7. The summed E-state index contributed by atoms with van der Waals surface area (Å²) in [6.45, 7) is 10.5. The lowest BCUT2D eigenvalue weighted by molar-refractivity contribution is 0.0983. The topological polar surface area (TPSA) is 73.8 Å². The Morgan fingerprint density at radius 1 is 1.00 bits per heavy atom. The number of amides is 1. The van der Waals surface area contributed by atoms with Crippen LogP contribution in [0.5, 0.6) is 0 Å². The van der Waals surface area contributed by atoms with Gasteiger partial charge < -0.3 is 4.90 Å². The summed E-state index contributed by atoms with van der Waals surface area (Å²) in [5.41, 5.74) is 2.58. The zero-order valence-electron chi connectivity index (χ0n) is 20.7. The Labute approximate surface area is 212 Å². The van der Waals surface area contributed by atoms with E-state index in [0.717, 1.165) is 49.1 Å². The van der Waals surface area contributed by atoms with E-state index in [1.807, 2.05) is 6.07 Å². The van der Waals surface area contributed by atoms with E-state index in [2.05, 4.69) is 37.8 Å². The predicted octanol–water partition coefficient (Wildman–Crippen LogP) is 4.63. The fourth-order valence-electron chi connectivity index (χ4n) is 4.36. The highest BCUT2D eigenvalue weighted by Gasteiger charge is 2.28. The first-order chi connectivity index (χ1) is 16.9. The largest absolute Gasteiger partial charge is 0.302 e. The van der Waals surface area contributed by atoms with Crippen molar-refractivity contribution >= 4 is 42.6 Å². The van der Waals surface area contributed by atoms with E-state index in [1.54, 1.807) is 29.2 Å². The average molecular weight is 515 g/mol. The fourth-order valence-corrected chi connectivity index (χ4v) is 6.93. The molecule has 1 aromatic heterocycles. The maximum Gasteiger partial charge on any atom is 0.260 e. The van der Waals surface area contributed by atoms with Gasteiger partial charge in [0.05, 0.1) is 15.1 Å². The van der Waals surface area contributed by atoms with E-state index in [-0.39, 0.29) is 10.8 Å². The van der Waals surface area contributed by atoms with Crippen LogP contribution in [-0.2, 0) is 16.4 Å². The molecular weight excluding hydrogens is 480 g/mol. The standard InChI is InChI=1S/C26H34N4O3S2/c1-4-20-9-14-23-24(19-20)34-26(27-23)30(18-17-28(5-2)6-3)25(31)21-10-12-22(13-11-21)35(32,33)29-15-7-8-16-29/h9-14,19H,4-8,15-18H2,1-3H3. The minimum Gasteiger partial charge on any atom is -0.302 e. The lowest BCUT2D eigenvalue weighted by Crippen LogP contribution is -2.38. The maximum atomic E-state index is 13.7. The summed E-state index contributed by atoms with van der Waals surface area (Å²) in [6, 6.07) is 12.6. The van der Waals surface area contributed by atoms with Gasteiger partial charge in [-0.3, -0.25) is 9.69 Å². The molecule has 3 aromatic rings. The molecule has 2 heterocycles. The fraction of sp³-hybridized carbons (Fsp3) is 0.462. The molecule has 9 heteroatoms. The highest BCUT2D eigenvalue weighted by molar-refractivity contribution is 7.89. The molecule has 7 nitrogen and oxygen atoms in total. The van der Waals surface area contributed by atoms with Gasteiger partial charge in [-0.25, -0.2) is 13.4 Å². The molecular formula is C26H34N4O3S2. The Morgan fingerprint density at radius 3 is 2.31 bits per heavy atom. The molecule has 0 bridgehead atoms. The van der Waals surface area contributed by atoms with E-state index in [9.17, 15) is 13.2 Å². The Kier molecular flexibility index (Phi) is 8.21. The molecule has 1 saturated heterocycles. The third-order valence-corrected chi connectivity index (χ3v) is 9.62. The van der Waals surface area contributed by atoms with Crippen LogP contribution in [0.25, 0.3) is 10.2 Å². The second kappa shape index (κ2) is 11.2. The monoisotopic (exact) mass is 514 g/mol. The zero-order valence-corrected chi connectivity index (χ0v) is 22.4. The molecule has 1 aliphatic rings. The van der Waals surface area contributed by atoms with Crippen LogP contribution in [0.3, 0.4) is 0 Å². The zero-order chi connectivity index (χ0) is 25.0. The molecule has 0 radical (unpaired) electrons. The lowest BCUT2D eigenvalue weighted by Gasteiger charge is -2.25. The van der Waals surface area contributed by atoms with E-state index >= 15 is 0 Å². The van der Waals surface area contributed by atoms with Crippen molar-refractivity contribution in [2.75, 3.05) is 44.2 Å². The highest BCUT2D eigenvalue weighted by Crippen LogP contribution is 2.31. The number of sulfonamides is 1. The Morgan fingerprint density at radius 2 is 1.69 bits per heavy atom. The minimum absolute atomic E-state index is 0.169. The van der Waals surface area contributed by atoms with Crippen molar-refractivity contribution in [3.8, 4) is 0 Å². The van der Waals surface area contributed by atoms with Crippen LogP contribution in [0.1, 0.15) is 49.5 Å². The number of thiazole rings is 1. The molecule has 0 saturated carbocycles. The number of carbonyl (C=O) groups excluding carboxylic acids is 1. The highest BCUT2D eigenvalue weighted by atomic mass is 32.2. The van der Waals surface area contributed by atoms with E-state index in [0.29, 0.717) is 30.3 Å². The molecule has 0 spiro atoms. The van der Waals surface area contributed by atoms with Gasteiger partial charge in [-0.2, -0.15) is 4.31 Å². The summed E-state index contributed by atoms with van der Waals surface area (Å²) in [6.07, 6.45) is 2.72. The summed E-state index contributed by atoms with van der Waals surface area (Å²) in [4.78, 5) is 22.7. The number of nitrogens with zero attached hydrogens (tertiary/aromatic N) is 4. The van der Waals surface area contributed by atoms with Crippen molar-refractivity contribution in [2.45, 2.75) is 44.9 Å². The Bertz CT molecular complexity index is 1260. The first kappa shape index (κ1) is 25.8. The van der Waals surface area contributed by atoms with Gasteiger partial charge in [0, 0.05) is 31.7 Å². The number of fused-ring (bicyclic) bond motifs is 1. The maximum absolute atomic E-state index is 13.7. The second-order valence-electron chi connectivity index (χ2n) is 8.77. The number of rotatable bonds is 10. The molecule has 0 atom stereocenters. The molecule has 0 N–H and O–H groups in total. The van der Waals surface area contributed by atoms with Crippen LogP contribution in [0.4, 0.5) is 5.13 Å². The molecule has 4 rings (SSSR count). The number of likely N-dealkylation sites (N-methyl/N-ethyl adjacent to an activating group) is 1. The van der Waals surface area contributed by atoms with Crippen molar-refractivity contribution in [1.82, 2.24) is 14.2 Å². The SMILES string of the molecule is CCc1ccc2nc(N(CCN(CC)CC)C(=O)c3ccc(S(=O)(=O)N4CCCC4)cc3)sc2c1. The minimum atomic E-state index is -3.51. The predicted molar refractivity (Wildman–Crippen MR) is 143 cm³/mol. The summed E-state index contributed by atoms with van der Waals surface area (Å²) < 4.78 is 28.3. The van der Waals surface area contributed by atoms with Crippen LogP contribution in [0, 0.1) is 0 Å². The van der Waals surface area contributed by atoms with E-state index in [1.165, 1.54) is 21.2 Å². The van der Waals surface area contributed by atoms with Gasteiger partial charge in [0.25, 0.3) is 5.91 Å². The van der Waals surface area contributed by atoms with Crippen molar-refractivity contribution < 1.29 is 13.2 Å². The molecule has 2 aromatic carbocycles. The summed E-state index contributed by atoms with van der Waals surface area (Å²) >= 11 is 1.52. The van der Waals surface area contributed by atoms with Crippen LogP contribution in [-0.4, -0.2) is 67.8 Å². The number of benzene rings is 2. The van der Waals surface area contributed by atoms with Gasteiger partial charge in [-0.1, -0.05) is 38.2 Å². The number of carbonyl (C=O) groups is 1. The summed E-state index contributed by atoms with van der Waals surface area (Å²) in [5.74, 6) is -0.169. The number of anilines is 1. The van der Waals surface area contributed by atoms with Crippen LogP contribution in [0.2, 0.25) is 0 Å². The van der Waals surface area contributed by atoms with E-state index in [4.69, 9.17) is 4.98 Å². The van der Waals surface area contributed by atoms with Crippen molar-refractivity contribution in [3.05, 3.63) is 53.6 Å². The molecule has 0 aliphatic carbocycles. The number of aromatic nitrogens is 1. The van der Waals surface area contributed by atoms with Gasteiger partial charge in [-0.05, 0) is 74.3 Å². The molecule has 1 fully saturated rings. The Hall–Kier alpha value is -2.33. The third-order valence-electron chi connectivity index (χ3n) is 6.66. The summed E-state index contributed by atoms with van der Waals surface area (Å²) in [5, 5.41) is 0.666. The Balaban J connectivity index is 1.63. The summed E-state index contributed by atoms with van der Waals surface area (Å²) in [7, 11) is -3.51. The number of hydrogen-bond acceptors (Lipinski definition) is 6. The smallest absolute Gasteiger partial charge is 0.260 e. The van der Waals surface area contributed by atoms with Crippen molar-refractivity contribution in [1.29, 1.82) is 0 Å². The molecule has 1 amide bonds. The van der Waals surface area contributed by atoms with E-state index < -0.39 is 10.0 Å². The quantitative estimate of drug-likeness (QED) is 0.394. The number of hydrogen-bond donors (Lipinski definition) is 0. The lowest BCUT2D eigenvalue weighted by atomic mass is 10.2. The van der Waals surface area contributed by atoms with Gasteiger partial charge in [0.1, 0.15) is 0 Å². The van der Waals surface area contributed by atoms with Crippen LogP contribution >= 0.6 is 11.3 Å². The van der Waals surface area contributed by atoms with Gasteiger partial charge in [0.2, 0.25) is 10.0 Å². The number of aryl methyl sites for hydroxylation is 1. The van der Waals surface area contributed by atoms with Crippen LogP contribution < -0.4 is 4.90 Å². The molecule has 35 heavy (non-hydrogen) atoms. The first-order valence-electron chi connectivity index (χ1n) is 12.4. The van der Waals surface area contributed by atoms with Crippen molar-refractivity contribution in [2.24, 2.45) is 0 Å². The molecule has 188 valence electrons. The van der Waals surface area contributed by atoms with Gasteiger partial charge in [-0.15, -0.1) is 0 Å². The first-order valence-corrected chi connectivity index (χ1v) is 14.7. The third kappa shape index (κ3) is 5.58. The normalized spacial score (nSPS) is 14.7. The van der Waals surface area contributed by atoms with Gasteiger partial charge in [0.15, 0.2) is 5.13 Å². The average Bonchev–Trinajstić information content (AvgIpc) is 3.57. The van der Waals surface area contributed by atoms with Crippen molar-refractivity contribution in [3.63, 3.8) is 0 Å². The molecule has 0 unspecified atom stereocenters. The van der Waals surface area contributed by atoms with Gasteiger partial charge >= 0.3 is 0 Å². The molecule has 1 aliphatic heterocycles.